The number of ether oxygens (including phenoxy) is 1. The molecule has 4 rings (SSSR count). The highest BCUT2D eigenvalue weighted by Gasteiger charge is 2.16. The zero-order chi connectivity index (χ0) is 24.9. The minimum Gasteiger partial charge on any atom is -0.456 e. The molecule has 35 heavy (non-hydrogen) atoms. The van der Waals surface area contributed by atoms with Crippen molar-refractivity contribution in [3.63, 3.8) is 0 Å². The Morgan fingerprint density at radius 3 is 1.80 bits per heavy atom. The molecule has 0 saturated carbocycles. The van der Waals surface area contributed by atoms with Crippen molar-refractivity contribution in [2.75, 3.05) is 52.1 Å². The smallest absolute Gasteiger partial charge is 0.199 e. The summed E-state index contributed by atoms with van der Waals surface area (Å²) in [4.78, 5) is 4.17. The van der Waals surface area contributed by atoms with E-state index in [0.717, 1.165) is 50.9 Å². The minimum atomic E-state index is 0.789. The molecule has 176 valence electrons. The SMILES string of the molecule is CN(C)c1ccc(C#CC2=CC(=C3C=CC(=[N+](C)C)C=C3)OC(c3ccc(N(C)C)cc3)=C2)cc1. The molecule has 0 saturated heterocycles. The van der Waals surface area contributed by atoms with Crippen molar-refractivity contribution in [3.05, 3.63) is 113 Å². The van der Waals surface area contributed by atoms with E-state index in [1.165, 1.54) is 0 Å². The number of rotatable bonds is 3. The number of benzene rings is 2. The van der Waals surface area contributed by atoms with Crippen LogP contribution in [0.3, 0.4) is 0 Å². The highest BCUT2D eigenvalue weighted by atomic mass is 16.5. The Morgan fingerprint density at radius 1 is 0.686 bits per heavy atom. The van der Waals surface area contributed by atoms with Crippen LogP contribution >= 0.6 is 0 Å². The Morgan fingerprint density at radius 2 is 1.26 bits per heavy atom. The van der Waals surface area contributed by atoms with Gasteiger partial charge in [0.05, 0.1) is 0 Å². The maximum absolute atomic E-state index is 6.38. The molecule has 0 amide bonds. The van der Waals surface area contributed by atoms with Gasteiger partial charge in [-0.15, -0.1) is 0 Å². The van der Waals surface area contributed by atoms with Crippen LogP contribution in [0.2, 0.25) is 0 Å². The topological polar surface area (TPSA) is 18.7 Å². The summed E-state index contributed by atoms with van der Waals surface area (Å²) in [5.41, 5.74) is 7.36. The van der Waals surface area contributed by atoms with Gasteiger partial charge in [0.15, 0.2) is 5.71 Å². The first-order valence-electron chi connectivity index (χ1n) is 11.6. The van der Waals surface area contributed by atoms with Crippen LogP contribution in [0, 0.1) is 11.8 Å². The zero-order valence-corrected chi connectivity index (χ0v) is 21.3. The van der Waals surface area contributed by atoms with Gasteiger partial charge in [0.2, 0.25) is 0 Å². The molecule has 1 aliphatic carbocycles. The van der Waals surface area contributed by atoms with Crippen molar-refractivity contribution in [2.24, 2.45) is 0 Å². The summed E-state index contributed by atoms with van der Waals surface area (Å²) in [5, 5.41) is 0. The summed E-state index contributed by atoms with van der Waals surface area (Å²) in [7, 11) is 12.2. The third-order valence-corrected chi connectivity index (χ3v) is 5.86. The molecule has 0 atom stereocenters. The Bertz CT molecular complexity index is 1330. The van der Waals surface area contributed by atoms with Crippen LogP contribution in [0.25, 0.3) is 5.76 Å². The van der Waals surface area contributed by atoms with E-state index in [4.69, 9.17) is 4.74 Å². The van der Waals surface area contributed by atoms with E-state index in [9.17, 15) is 0 Å². The first-order chi connectivity index (χ1) is 16.8. The van der Waals surface area contributed by atoms with E-state index in [1.807, 2.05) is 54.4 Å². The number of hydrogen-bond acceptors (Lipinski definition) is 3. The first kappa shape index (κ1) is 23.9. The van der Waals surface area contributed by atoms with Crippen LogP contribution in [-0.4, -0.2) is 52.6 Å². The molecule has 4 nitrogen and oxygen atoms in total. The highest BCUT2D eigenvalue weighted by molar-refractivity contribution is 6.02. The summed E-state index contributed by atoms with van der Waals surface area (Å²) >= 11 is 0. The third-order valence-electron chi connectivity index (χ3n) is 5.86. The fourth-order valence-corrected chi connectivity index (χ4v) is 3.69. The molecule has 1 heterocycles. The first-order valence-corrected chi connectivity index (χ1v) is 11.6. The molecule has 4 heteroatoms. The van der Waals surface area contributed by atoms with Crippen molar-refractivity contribution >= 4 is 22.8 Å². The highest BCUT2D eigenvalue weighted by Crippen LogP contribution is 2.31. The maximum atomic E-state index is 6.38. The van der Waals surface area contributed by atoms with E-state index in [-0.39, 0.29) is 0 Å². The predicted octanol–water partition coefficient (Wildman–Crippen LogP) is 5.26. The van der Waals surface area contributed by atoms with E-state index in [2.05, 4.69) is 99.1 Å². The molecular formula is C31H32N3O+. The average Bonchev–Trinajstić information content (AvgIpc) is 2.87. The number of nitrogens with zero attached hydrogens (tertiary/aromatic N) is 3. The van der Waals surface area contributed by atoms with Crippen LogP contribution < -0.4 is 9.80 Å². The Labute approximate surface area is 209 Å². The lowest BCUT2D eigenvalue weighted by atomic mass is 10.0. The van der Waals surface area contributed by atoms with Crippen LogP contribution in [-0.2, 0) is 4.74 Å². The minimum absolute atomic E-state index is 0.789. The van der Waals surface area contributed by atoms with Gasteiger partial charge < -0.3 is 14.5 Å². The zero-order valence-electron chi connectivity index (χ0n) is 21.3. The Balaban J connectivity index is 1.71. The van der Waals surface area contributed by atoms with Crippen molar-refractivity contribution in [1.82, 2.24) is 0 Å². The molecule has 0 radical (unpaired) electrons. The van der Waals surface area contributed by atoms with Gasteiger partial charge in [-0.05, 0) is 72.8 Å². The standard InChI is InChI=1S/C31H32N3O/c1-32(2)27-15-9-23(10-16-27)7-8-24-21-30(25-11-17-28(18-12-25)33(3)4)35-31(22-24)26-13-19-29(20-14-26)34(5)6/h9-22H,1-6H3/q+1. The van der Waals surface area contributed by atoms with Gasteiger partial charge in [0, 0.05) is 74.0 Å². The molecule has 2 aliphatic rings. The molecule has 2 aromatic carbocycles. The average molecular weight is 463 g/mol. The summed E-state index contributed by atoms with van der Waals surface area (Å²) in [6.45, 7) is 0. The molecule has 1 aliphatic heterocycles. The van der Waals surface area contributed by atoms with Gasteiger partial charge in [0.25, 0.3) is 0 Å². The summed E-state index contributed by atoms with van der Waals surface area (Å²) in [5.74, 6) is 8.24. The summed E-state index contributed by atoms with van der Waals surface area (Å²) in [6.07, 6.45) is 12.4. The molecular weight excluding hydrogens is 430 g/mol. The van der Waals surface area contributed by atoms with E-state index in [0.29, 0.717) is 0 Å². The largest absolute Gasteiger partial charge is 0.456 e. The summed E-state index contributed by atoms with van der Waals surface area (Å²) in [6, 6.07) is 16.6. The molecule has 0 spiro atoms. The van der Waals surface area contributed by atoms with Gasteiger partial charge in [-0.3, -0.25) is 0 Å². The fourth-order valence-electron chi connectivity index (χ4n) is 3.69. The van der Waals surface area contributed by atoms with Crippen LogP contribution in [0.5, 0.6) is 0 Å². The molecule has 0 aromatic heterocycles. The van der Waals surface area contributed by atoms with Crippen LogP contribution in [0.1, 0.15) is 11.1 Å². The van der Waals surface area contributed by atoms with Gasteiger partial charge in [-0.2, -0.15) is 0 Å². The normalized spacial score (nSPS) is 14.5. The van der Waals surface area contributed by atoms with Crippen LogP contribution in [0.4, 0.5) is 11.4 Å². The maximum Gasteiger partial charge on any atom is 0.199 e. The van der Waals surface area contributed by atoms with Crippen molar-refractivity contribution in [2.45, 2.75) is 0 Å². The van der Waals surface area contributed by atoms with Crippen molar-refractivity contribution < 1.29 is 9.31 Å². The van der Waals surface area contributed by atoms with Crippen molar-refractivity contribution in [1.29, 1.82) is 0 Å². The van der Waals surface area contributed by atoms with E-state index >= 15 is 0 Å². The van der Waals surface area contributed by atoms with Crippen molar-refractivity contribution in [3.8, 4) is 11.8 Å². The summed E-state index contributed by atoms with van der Waals surface area (Å²) < 4.78 is 8.47. The fraction of sp³-hybridized carbons (Fsp3) is 0.194. The quantitative estimate of drug-likeness (QED) is 0.458. The van der Waals surface area contributed by atoms with Gasteiger partial charge >= 0.3 is 0 Å². The lowest BCUT2D eigenvalue weighted by molar-refractivity contribution is -0.462. The lowest BCUT2D eigenvalue weighted by Crippen LogP contribution is -2.10. The predicted molar refractivity (Wildman–Crippen MR) is 148 cm³/mol. The second kappa shape index (κ2) is 10.4. The number of hydrogen-bond donors (Lipinski definition) is 0. The molecule has 2 aromatic rings. The monoisotopic (exact) mass is 462 g/mol. The Kier molecular flexibility index (Phi) is 7.08. The molecule has 0 fully saturated rings. The van der Waals surface area contributed by atoms with Crippen LogP contribution in [0.15, 0.2) is 102 Å². The third kappa shape index (κ3) is 5.83. The van der Waals surface area contributed by atoms with E-state index < -0.39 is 0 Å². The van der Waals surface area contributed by atoms with Gasteiger partial charge in [-0.25, -0.2) is 4.58 Å². The number of allylic oxidation sites excluding steroid dienone is 8. The van der Waals surface area contributed by atoms with E-state index in [1.54, 1.807) is 0 Å². The molecule has 0 unspecified atom stereocenters. The lowest BCUT2D eigenvalue weighted by Gasteiger charge is -2.19. The second-order valence-corrected chi connectivity index (χ2v) is 9.15. The molecule has 0 N–H and O–H groups in total. The second-order valence-electron chi connectivity index (χ2n) is 9.15. The molecule has 0 bridgehead atoms. The number of anilines is 2. The van der Waals surface area contributed by atoms with Gasteiger partial charge in [-0.1, -0.05) is 11.8 Å². The Hall–Kier alpha value is -4.23. The van der Waals surface area contributed by atoms with Gasteiger partial charge in [0.1, 0.15) is 25.6 Å².